The summed E-state index contributed by atoms with van der Waals surface area (Å²) in [5.74, 6) is -1.02. The fourth-order valence-electron chi connectivity index (χ4n) is 1.19. The van der Waals surface area contributed by atoms with Gasteiger partial charge in [0, 0.05) is 0 Å². The predicted molar refractivity (Wildman–Crippen MR) is 63.5 cm³/mol. The Morgan fingerprint density at radius 2 is 1.82 bits per heavy atom. The maximum Gasteiger partial charge on any atom is 0.313 e. The summed E-state index contributed by atoms with van der Waals surface area (Å²) in [6.07, 6.45) is 3.23. The molecule has 0 aromatic heterocycles. The molecule has 0 heterocycles. The first-order valence-corrected chi connectivity index (χ1v) is 5.32. The van der Waals surface area contributed by atoms with Crippen LogP contribution in [-0.4, -0.2) is 12.1 Å². The third-order valence-electron chi connectivity index (χ3n) is 2.39. The molecule has 0 aliphatic heterocycles. The van der Waals surface area contributed by atoms with E-state index in [9.17, 15) is 4.79 Å². The number of ether oxygens (including phenoxy) is 1. The molecule has 0 aliphatic rings. The average molecular weight is 232 g/mol. The van der Waals surface area contributed by atoms with Crippen molar-refractivity contribution in [2.24, 2.45) is 5.92 Å². The zero-order valence-electron chi connectivity index (χ0n) is 10.5. The van der Waals surface area contributed by atoms with Crippen molar-refractivity contribution in [1.29, 1.82) is 10.5 Å². The summed E-state index contributed by atoms with van der Waals surface area (Å²) in [6, 6.07) is 3.53. The Labute approximate surface area is 102 Å². The molecule has 0 N–H and O–H groups in total. The van der Waals surface area contributed by atoms with Crippen LogP contribution < -0.4 is 0 Å². The average Bonchev–Trinajstić information content (AvgIpc) is 2.29. The van der Waals surface area contributed by atoms with Gasteiger partial charge in [-0.05, 0) is 39.3 Å². The molecule has 0 spiro atoms. The Hall–Kier alpha value is -2.07. The summed E-state index contributed by atoms with van der Waals surface area (Å²) >= 11 is 0. The Bertz CT molecular complexity index is 406. The molecule has 0 radical (unpaired) electrons. The van der Waals surface area contributed by atoms with E-state index in [1.807, 2.05) is 6.92 Å². The minimum Gasteiger partial charge on any atom is -0.458 e. The SMILES string of the molecule is C/C=C/C(C)OC(=O)C(C)C(C)=C(C#N)C#N. The Balaban J connectivity index is 4.80. The molecule has 0 aliphatic carbocycles. The van der Waals surface area contributed by atoms with E-state index in [0.717, 1.165) is 0 Å². The first-order chi connectivity index (χ1) is 7.97. The van der Waals surface area contributed by atoms with Crippen molar-refractivity contribution in [2.75, 3.05) is 0 Å². The largest absolute Gasteiger partial charge is 0.458 e. The van der Waals surface area contributed by atoms with Crippen LogP contribution >= 0.6 is 0 Å². The lowest BCUT2D eigenvalue weighted by molar-refractivity contribution is -0.149. The molecule has 0 aromatic carbocycles. The van der Waals surface area contributed by atoms with E-state index in [1.54, 1.807) is 45.1 Å². The smallest absolute Gasteiger partial charge is 0.313 e. The lowest BCUT2D eigenvalue weighted by atomic mass is 9.98. The minimum atomic E-state index is -0.586. The van der Waals surface area contributed by atoms with Crippen molar-refractivity contribution < 1.29 is 9.53 Å². The topological polar surface area (TPSA) is 73.9 Å². The van der Waals surface area contributed by atoms with Gasteiger partial charge in [-0.1, -0.05) is 6.08 Å². The van der Waals surface area contributed by atoms with E-state index in [1.165, 1.54) is 0 Å². The highest BCUT2D eigenvalue weighted by atomic mass is 16.5. The van der Waals surface area contributed by atoms with Gasteiger partial charge in [-0.15, -0.1) is 0 Å². The third kappa shape index (κ3) is 4.53. The maximum absolute atomic E-state index is 11.7. The molecule has 17 heavy (non-hydrogen) atoms. The summed E-state index contributed by atoms with van der Waals surface area (Å²) in [4.78, 5) is 11.7. The van der Waals surface area contributed by atoms with E-state index in [-0.39, 0.29) is 11.7 Å². The number of esters is 1. The molecular formula is C13H16N2O2. The van der Waals surface area contributed by atoms with Gasteiger partial charge in [0.05, 0.1) is 5.92 Å². The van der Waals surface area contributed by atoms with E-state index in [0.29, 0.717) is 5.57 Å². The van der Waals surface area contributed by atoms with Crippen molar-refractivity contribution in [3.8, 4) is 12.1 Å². The van der Waals surface area contributed by atoms with Gasteiger partial charge in [-0.2, -0.15) is 10.5 Å². The molecular weight excluding hydrogens is 216 g/mol. The van der Waals surface area contributed by atoms with Crippen LogP contribution in [0.1, 0.15) is 27.7 Å². The lowest BCUT2D eigenvalue weighted by Gasteiger charge is -2.14. The molecule has 2 unspecified atom stereocenters. The van der Waals surface area contributed by atoms with Crippen LogP contribution in [0.3, 0.4) is 0 Å². The van der Waals surface area contributed by atoms with Gasteiger partial charge in [-0.25, -0.2) is 0 Å². The number of nitrogens with zero attached hydrogens (tertiary/aromatic N) is 2. The second kappa shape index (κ2) is 7.24. The molecule has 0 saturated carbocycles. The fraction of sp³-hybridized carbons (Fsp3) is 0.462. The van der Waals surface area contributed by atoms with Gasteiger partial charge in [-0.3, -0.25) is 4.79 Å². The summed E-state index contributed by atoms with van der Waals surface area (Å²) in [7, 11) is 0. The number of carbonyl (C=O) groups excluding carboxylic acids is 1. The highest BCUT2D eigenvalue weighted by molar-refractivity contribution is 5.76. The van der Waals surface area contributed by atoms with Crippen LogP contribution in [0.2, 0.25) is 0 Å². The zero-order chi connectivity index (χ0) is 13.4. The van der Waals surface area contributed by atoms with Crippen molar-refractivity contribution >= 4 is 5.97 Å². The summed E-state index contributed by atoms with van der Waals surface area (Å²) in [6.45, 7) is 6.80. The summed E-state index contributed by atoms with van der Waals surface area (Å²) in [5, 5.41) is 17.4. The van der Waals surface area contributed by atoms with Gasteiger partial charge in [0.2, 0.25) is 0 Å². The first-order valence-electron chi connectivity index (χ1n) is 5.32. The van der Waals surface area contributed by atoms with Gasteiger partial charge in [0.15, 0.2) is 0 Å². The van der Waals surface area contributed by atoms with E-state index in [4.69, 9.17) is 15.3 Å². The number of rotatable bonds is 4. The molecule has 0 bridgehead atoms. The number of nitriles is 2. The third-order valence-corrected chi connectivity index (χ3v) is 2.39. The van der Waals surface area contributed by atoms with E-state index < -0.39 is 11.9 Å². The maximum atomic E-state index is 11.7. The van der Waals surface area contributed by atoms with Crippen LogP contribution in [0.5, 0.6) is 0 Å². The second-order valence-electron chi connectivity index (χ2n) is 3.67. The predicted octanol–water partition coefficient (Wildman–Crippen LogP) is 2.49. The van der Waals surface area contributed by atoms with Crippen molar-refractivity contribution in [3.05, 3.63) is 23.3 Å². The molecule has 0 fully saturated rings. The van der Waals surface area contributed by atoms with Crippen LogP contribution in [0.4, 0.5) is 0 Å². The van der Waals surface area contributed by atoms with Crippen LogP contribution in [0.15, 0.2) is 23.3 Å². The molecule has 0 rings (SSSR count). The quantitative estimate of drug-likeness (QED) is 0.424. The molecule has 4 heteroatoms. The molecule has 2 atom stereocenters. The van der Waals surface area contributed by atoms with Crippen molar-refractivity contribution in [1.82, 2.24) is 0 Å². The lowest BCUT2D eigenvalue weighted by Crippen LogP contribution is -2.21. The summed E-state index contributed by atoms with van der Waals surface area (Å²) < 4.78 is 5.13. The zero-order valence-corrected chi connectivity index (χ0v) is 10.5. The second-order valence-corrected chi connectivity index (χ2v) is 3.67. The molecule has 0 aromatic rings. The molecule has 0 amide bonds. The van der Waals surface area contributed by atoms with E-state index in [2.05, 4.69) is 0 Å². The Kier molecular flexibility index (Phi) is 6.36. The Morgan fingerprint density at radius 3 is 2.24 bits per heavy atom. The molecule has 90 valence electrons. The Morgan fingerprint density at radius 1 is 1.29 bits per heavy atom. The van der Waals surface area contributed by atoms with E-state index >= 15 is 0 Å². The van der Waals surface area contributed by atoms with Crippen molar-refractivity contribution in [3.63, 3.8) is 0 Å². The molecule has 0 saturated heterocycles. The van der Waals surface area contributed by atoms with Crippen LogP contribution in [0, 0.1) is 28.6 Å². The van der Waals surface area contributed by atoms with Gasteiger partial charge >= 0.3 is 5.97 Å². The highest BCUT2D eigenvalue weighted by Gasteiger charge is 2.20. The van der Waals surface area contributed by atoms with Crippen LogP contribution in [0.25, 0.3) is 0 Å². The fourth-order valence-corrected chi connectivity index (χ4v) is 1.19. The van der Waals surface area contributed by atoms with Crippen molar-refractivity contribution in [2.45, 2.75) is 33.8 Å². The van der Waals surface area contributed by atoms with Gasteiger partial charge in [0.25, 0.3) is 0 Å². The molecule has 4 nitrogen and oxygen atoms in total. The number of allylic oxidation sites excluding steroid dienone is 2. The van der Waals surface area contributed by atoms with Gasteiger partial charge in [0.1, 0.15) is 23.8 Å². The monoisotopic (exact) mass is 232 g/mol. The standard InChI is InChI=1S/C13H16N2O2/c1-5-6-9(2)17-13(16)11(4)10(3)12(7-14)8-15/h5-6,9,11H,1-4H3/b6-5+. The van der Waals surface area contributed by atoms with Crippen LogP contribution in [-0.2, 0) is 9.53 Å². The summed E-state index contributed by atoms with van der Waals surface area (Å²) in [5.41, 5.74) is 0.404. The highest BCUT2D eigenvalue weighted by Crippen LogP contribution is 2.16. The van der Waals surface area contributed by atoms with Gasteiger partial charge < -0.3 is 4.74 Å². The first kappa shape index (κ1) is 14.9. The minimum absolute atomic E-state index is 0.0341. The number of carbonyl (C=O) groups is 1. The normalized spacial score (nSPS) is 13.3. The number of hydrogen-bond acceptors (Lipinski definition) is 4. The number of hydrogen-bond donors (Lipinski definition) is 0.